The molecular formula is C11H10N2O5S. The Kier molecular flexibility index (Phi) is 3.05. The lowest BCUT2D eigenvalue weighted by molar-refractivity contribution is -0.155. The van der Waals surface area contributed by atoms with Crippen LogP contribution in [0.25, 0.3) is 0 Å². The molecule has 1 aromatic heterocycles. The van der Waals surface area contributed by atoms with E-state index in [1.54, 1.807) is 0 Å². The van der Waals surface area contributed by atoms with Crippen molar-refractivity contribution in [3.8, 4) is 11.5 Å². The number of anilines is 1. The molecule has 0 aliphatic carbocycles. The maximum absolute atomic E-state index is 11.4. The van der Waals surface area contributed by atoms with Gasteiger partial charge in [-0.15, -0.1) is 11.3 Å². The number of benzene rings is 1. The minimum atomic E-state index is -2.45. The number of rotatable bonds is 3. The molecule has 2 aromatic rings. The van der Waals surface area contributed by atoms with E-state index < -0.39 is 23.1 Å². The Bertz CT molecular complexity index is 642. The van der Waals surface area contributed by atoms with Crippen LogP contribution < -0.4 is 5.73 Å². The van der Waals surface area contributed by atoms with Crippen molar-refractivity contribution in [1.82, 2.24) is 4.98 Å². The third-order valence-electron chi connectivity index (χ3n) is 2.60. The van der Waals surface area contributed by atoms with Gasteiger partial charge in [0.05, 0.1) is 0 Å². The van der Waals surface area contributed by atoms with Crippen molar-refractivity contribution in [2.24, 2.45) is 0 Å². The molecule has 19 heavy (non-hydrogen) atoms. The number of phenols is 2. The maximum atomic E-state index is 11.4. The standard InChI is InChI=1S/C11H10N2O5S/c12-10-13-8(4-19-10)11(18,9(16)17)5-1-2-6(14)7(15)3-5/h1-4,14-15,18H,(H2,12,13)(H,16,17)/t11-/m1/s1. The summed E-state index contributed by atoms with van der Waals surface area (Å²) in [5.74, 6) is -2.53. The van der Waals surface area contributed by atoms with Crippen LogP contribution in [0.3, 0.4) is 0 Å². The molecule has 0 fully saturated rings. The van der Waals surface area contributed by atoms with Crippen LogP contribution in [0.1, 0.15) is 11.3 Å². The van der Waals surface area contributed by atoms with Crippen molar-refractivity contribution in [2.75, 3.05) is 5.73 Å². The van der Waals surface area contributed by atoms with Gasteiger partial charge in [-0.05, 0) is 12.1 Å². The van der Waals surface area contributed by atoms with Gasteiger partial charge < -0.3 is 26.2 Å². The lowest BCUT2D eigenvalue weighted by atomic mass is 9.91. The van der Waals surface area contributed by atoms with Crippen molar-refractivity contribution < 1.29 is 25.2 Å². The van der Waals surface area contributed by atoms with Crippen LogP contribution in [-0.2, 0) is 10.4 Å². The summed E-state index contributed by atoms with van der Waals surface area (Å²) >= 11 is 0.982. The number of nitrogens with two attached hydrogens (primary N) is 1. The third kappa shape index (κ3) is 2.07. The molecule has 8 heteroatoms. The van der Waals surface area contributed by atoms with Crippen LogP contribution in [-0.4, -0.2) is 31.4 Å². The number of carboxylic acid groups (broad SMARTS) is 1. The van der Waals surface area contributed by atoms with Crippen LogP contribution in [0.5, 0.6) is 11.5 Å². The van der Waals surface area contributed by atoms with Crippen LogP contribution in [0.4, 0.5) is 5.13 Å². The Balaban J connectivity index is 2.62. The number of thiazole rings is 1. The number of aromatic nitrogens is 1. The van der Waals surface area contributed by atoms with E-state index in [9.17, 15) is 25.2 Å². The Hall–Kier alpha value is -2.32. The molecule has 0 bridgehead atoms. The van der Waals surface area contributed by atoms with E-state index in [-0.39, 0.29) is 16.4 Å². The van der Waals surface area contributed by atoms with E-state index in [4.69, 9.17) is 5.73 Å². The molecule has 2 rings (SSSR count). The highest BCUT2D eigenvalue weighted by Gasteiger charge is 2.43. The molecule has 0 amide bonds. The first kappa shape index (κ1) is 13.1. The summed E-state index contributed by atoms with van der Waals surface area (Å²) in [5, 5.41) is 39.6. The number of aromatic hydroxyl groups is 2. The summed E-state index contributed by atoms with van der Waals surface area (Å²) < 4.78 is 0. The van der Waals surface area contributed by atoms with Gasteiger partial charge >= 0.3 is 5.97 Å². The number of carbonyl (C=O) groups is 1. The molecule has 0 aliphatic heterocycles. The van der Waals surface area contributed by atoms with Crippen LogP contribution in [0.15, 0.2) is 23.6 Å². The average Bonchev–Trinajstić information content (AvgIpc) is 2.78. The summed E-state index contributed by atoms with van der Waals surface area (Å²) in [4.78, 5) is 15.1. The quantitative estimate of drug-likeness (QED) is 0.515. The highest BCUT2D eigenvalue weighted by atomic mass is 32.1. The van der Waals surface area contributed by atoms with Gasteiger partial charge in [-0.3, -0.25) is 0 Å². The lowest BCUT2D eigenvalue weighted by Gasteiger charge is -2.22. The predicted octanol–water partition coefficient (Wildman–Crippen LogP) is 0.457. The fourth-order valence-corrected chi connectivity index (χ4v) is 2.19. The largest absolute Gasteiger partial charge is 0.504 e. The minimum absolute atomic E-state index is 0.109. The zero-order valence-electron chi connectivity index (χ0n) is 9.44. The maximum Gasteiger partial charge on any atom is 0.346 e. The van der Waals surface area contributed by atoms with E-state index >= 15 is 0 Å². The second-order valence-corrected chi connectivity index (χ2v) is 4.68. The summed E-state index contributed by atoms with van der Waals surface area (Å²) in [6.07, 6.45) is 0. The molecule has 1 aromatic carbocycles. The Morgan fingerprint density at radius 2 is 2.00 bits per heavy atom. The fourth-order valence-electron chi connectivity index (χ4n) is 1.58. The monoisotopic (exact) mass is 282 g/mol. The SMILES string of the molecule is Nc1nc([C@@](O)(C(=O)O)c2ccc(O)c(O)c2)cs1. The molecule has 0 spiro atoms. The zero-order chi connectivity index (χ0) is 14.2. The molecule has 1 heterocycles. The van der Waals surface area contributed by atoms with Crippen molar-refractivity contribution in [3.63, 3.8) is 0 Å². The van der Waals surface area contributed by atoms with Crippen LogP contribution >= 0.6 is 11.3 Å². The van der Waals surface area contributed by atoms with Crippen LogP contribution in [0, 0.1) is 0 Å². The molecule has 100 valence electrons. The molecule has 7 nitrogen and oxygen atoms in total. The summed E-state index contributed by atoms with van der Waals surface area (Å²) in [6.45, 7) is 0. The number of nitrogens with zero attached hydrogens (tertiary/aromatic N) is 1. The van der Waals surface area contributed by atoms with Gasteiger partial charge in [0.25, 0.3) is 0 Å². The smallest absolute Gasteiger partial charge is 0.346 e. The molecule has 6 N–H and O–H groups in total. The topological polar surface area (TPSA) is 137 Å². The lowest BCUT2D eigenvalue weighted by Crippen LogP contribution is -2.37. The van der Waals surface area contributed by atoms with Crippen molar-refractivity contribution >= 4 is 22.4 Å². The van der Waals surface area contributed by atoms with E-state index in [1.807, 2.05) is 0 Å². The van der Waals surface area contributed by atoms with E-state index in [1.165, 1.54) is 11.4 Å². The number of hydrogen-bond acceptors (Lipinski definition) is 7. The number of carboxylic acids is 1. The highest BCUT2D eigenvalue weighted by Crippen LogP contribution is 2.35. The number of aliphatic hydroxyl groups is 1. The molecular weight excluding hydrogens is 272 g/mol. The van der Waals surface area contributed by atoms with Gasteiger partial charge in [0.15, 0.2) is 16.6 Å². The second kappa shape index (κ2) is 4.41. The molecule has 0 unspecified atom stereocenters. The zero-order valence-corrected chi connectivity index (χ0v) is 10.3. The normalized spacial score (nSPS) is 13.9. The summed E-state index contributed by atoms with van der Waals surface area (Å²) in [6, 6.07) is 3.21. The van der Waals surface area contributed by atoms with Crippen LogP contribution in [0.2, 0.25) is 0 Å². The first-order valence-corrected chi connectivity index (χ1v) is 5.93. The van der Waals surface area contributed by atoms with Gasteiger partial charge in [0, 0.05) is 10.9 Å². The van der Waals surface area contributed by atoms with E-state index in [0.717, 1.165) is 23.5 Å². The second-order valence-electron chi connectivity index (χ2n) is 3.79. The van der Waals surface area contributed by atoms with Gasteiger partial charge in [-0.25, -0.2) is 9.78 Å². The Morgan fingerprint density at radius 3 is 2.47 bits per heavy atom. The van der Waals surface area contributed by atoms with Gasteiger partial charge in [0.1, 0.15) is 5.69 Å². The molecule has 0 radical (unpaired) electrons. The molecule has 0 saturated heterocycles. The van der Waals surface area contributed by atoms with Crippen molar-refractivity contribution in [2.45, 2.75) is 5.60 Å². The first-order chi connectivity index (χ1) is 8.85. The van der Waals surface area contributed by atoms with Gasteiger partial charge in [0.2, 0.25) is 5.60 Å². The van der Waals surface area contributed by atoms with E-state index in [0.29, 0.717) is 0 Å². The van der Waals surface area contributed by atoms with Gasteiger partial charge in [-0.1, -0.05) is 6.07 Å². The summed E-state index contributed by atoms with van der Waals surface area (Å²) in [5.41, 5.74) is 2.68. The van der Waals surface area contributed by atoms with E-state index in [2.05, 4.69) is 4.98 Å². The average molecular weight is 282 g/mol. The van der Waals surface area contributed by atoms with Crippen molar-refractivity contribution in [3.05, 3.63) is 34.8 Å². The summed E-state index contributed by atoms with van der Waals surface area (Å²) in [7, 11) is 0. The number of aliphatic carboxylic acids is 1. The third-order valence-corrected chi connectivity index (χ3v) is 3.27. The number of nitrogen functional groups attached to an aromatic ring is 1. The van der Waals surface area contributed by atoms with Crippen molar-refractivity contribution in [1.29, 1.82) is 0 Å². The predicted molar refractivity (Wildman–Crippen MR) is 66.9 cm³/mol. The Labute approximate surface area is 111 Å². The molecule has 0 saturated carbocycles. The highest BCUT2D eigenvalue weighted by molar-refractivity contribution is 7.13. The number of hydrogen-bond donors (Lipinski definition) is 5. The minimum Gasteiger partial charge on any atom is -0.504 e. The molecule has 1 atom stereocenters. The first-order valence-electron chi connectivity index (χ1n) is 5.05. The fraction of sp³-hybridized carbons (Fsp3) is 0.0909. The Morgan fingerprint density at radius 1 is 1.32 bits per heavy atom. The molecule has 0 aliphatic rings. The van der Waals surface area contributed by atoms with Gasteiger partial charge in [-0.2, -0.15) is 0 Å². The number of phenolic OH excluding ortho intramolecular Hbond substituents is 2.